The van der Waals surface area contributed by atoms with Gasteiger partial charge in [-0.2, -0.15) is 0 Å². The number of fused-ring (bicyclic) bond motifs is 2. The maximum Gasteiger partial charge on any atom is 0.310 e. The van der Waals surface area contributed by atoms with Gasteiger partial charge in [-0.15, -0.1) is 0 Å². The molecule has 1 atom stereocenters. The van der Waals surface area contributed by atoms with Crippen molar-refractivity contribution in [3.63, 3.8) is 0 Å². The minimum atomic E-state index is -0.925. The third kappa shape index (κ3) is 2.31. The molecule has 0 aliphatic heterocycles. The summed E-state index contributed by atoms with van der Waals surface area (Å²) in [6.07, 6.45) is 1.65. The van der Waals surface area contributed by atoms with E-state index in [1.165, 1.54) is 4.40 Å². The molecule has 21 heavy (non-hydrogen) atoms. The molecule has 0 saturated carbocycles. The molecule has 1 aromatic carbocycles. The molecular weight excluding hydrogens is 336 g/mol. The summed E-state index contributed by atoms with van der Waals surface area (Å²) >= 11 is 3.32. The zero-order valence-corrected chi connectivity index (χ0v) is 12.7. The van der Waals surface area contributed by atoms with E-state index >= 15 is 0 Å². The predicted octanol–water partition coefficient (Wildman–Crippen LogP) is 2.80. The van der Waals surface area contributed by atoms with Crippen LogP contribution in [0.1, 0.15) is 18.4 Å². The highest BCUT2D eigenvalue weighted by Crippen LogP contribution is 2.20. The number of pyridine rings is 1. The van der Waals surface area contributed by atoms with Crippen LogP contribution in [0.15, 0.2) is 45.8 Å². The number of halogens is 1. The predicted molar refractivity (Wildman–Crippen MR) is 82.7 cm³/mol. The fourth-order valence-corrected chi connectivity index (χ4v) is 2.55. The lowest BCUT2D eigenvalue weighted by Gasteiger charge is -2.08. The van der Waals surface area contributed by atoms with Crippen molar-refractivity contribution in [1.29, 1.82) is 0 Å². The molecule has 0 spiro atoms. The number of aromatic nitrogens is 2. The van der Waals surface area contributed by atoms with Crippen LogP contribution in [-0.4, -0.2) is 20.5 Å². The number of carboxylic acids is 1. The summed E-state index contributed by atoms with van der Waals surface area (Å²) in [4.78, 5) is 28.0. The molecule has 0 fully saturated rings. The van der Waals surface area contributed by atoms with Gasteiger partial charge >= 0.3 is 5.97 Å². The first-order valence-electron chi connectivity index (χ1n) is 6.32. The molecule has 0 aliphatic carbocycles. The molecule has 5 nitrogen and oxygen atoms in total. The molecule has 0 amide bonds. The molecule has 106 valence electrons. The molecule has 1 unspecified atom stereocenters. The average Bonchev–Trinajstić information content (AvgIpc) is 2.47. The lowest BCUT2D eigenvalue weighted by atomic mass is 10.00. The van der Waals surface area contributed by atoms with Crippen LogP contribution in [0.25, 0.3) is 16.6 Å². The van der Waals surface area contributed by atoms with Crippen LogP contribution in [0.4, 0.5) is 0 Å². The largest absolute Gasteiger partial charge is 0.481 e. The fourth-order valence-electron chi connectivity index (χ4n) is 2.21. The highest BCUT2D eigenvalue weighted by atomic mass is 79.9. The van der Waals surface area contributed by atoms with Gasteiger partial charge in [0.25, 0.3) is 5.56 Å². The first-order valence-corrected chi connectivity index (χ1v) is 7.11. The summed E-state index contributed by atoms with van der Waals surface area (Å²) < 4.78 is 2.22. The van der Waals surface area contributed by atoms with E-state index in [1.807, 2.05) is 6.07 Å². The van der Waals surface area contributed by atoms with Gasteiger partial charge in [-0.25, -0.2) is 4.98 Å². The number of benzene rings is 1. The Balaban J connectivity index is 2.34. The van der Waals surface area contributed by atoms with E-state index in [-0.39, 0.29) is 5.56 Å². The van der Waals surface area contributed by atoms with Gasteiger partial charge in [0.1, 0.15) is 5.65 Å². The number of carbonyl (C=O) groups is 1. The van der Waals surface area contributed by atoms with E-state index in [2.05, 4.69) is 20.9 Å². The Kier molecular flexibility index (Phi) is 3.25. The summed E-state index contributed by atoms with van der Waals surface area (Å²) in [7, 11) is 0. The van der Waals surface area contributed by atoms with Crippen LogP contribution >= 0.6 is 15.9 Å². The second-order valence-electron chi connectivity index (χ2n) is 4.83. The van der Waals surface area contributed by atoms with Crippen LogP contribution in [0.5, 0.6) is 0 Å². The maximum absolute atomic E-state index is 12.5. The SMILES string of the molecule is CC(C(=O)O)c1ccc2nc3ccc(Br)cn3c(=O)c2c1. The Morgan fingerprint density at radius 2 is 2.10 bits per heavy atom. The Bertz CT molecular complexity index is 933. The maximum atomic E-state index is 12.5. The summed E-state index contributed by atoms with van der Waals surface area (Å²) in [6, 6.07) is 8.56. The second-order valence-corrected chi connectivity index (χ2v) is 5.74. The molecule has 0 saturated heterocycles. The third-order valence-electron chi connectivity index (χ3n) is 3.47. The lowest BCUT2D eigenvalue weighted by Crippen LogP contribution is -2.16. The summed E-state index contributed by atoms with van der Waals surface area (Å²) in [5.41, 5.74) is 1.48. The van der Waals surface area contributed by atoms with E-state index in [4.69, 9.17) is 5.11 Å². The molecule has 2 heterocycles. The number of nitrogens with zero attached hydrogens (tertiary/aromatic N) is 2. The van der Waals surface area contributed by atoms with Gasteiger partial charge in [0.05, 0.1) is 16.8 Å². The first-order chi connectivity index (χ1) is 9.97. The molecule has 0 aliphatic rings. The van der Waals surface area contributed by atoms with Crippen molar-refractivity contribution in [2.75, 3.05) is 0 Å². The van der Waals surface area contributed by atoms with Crippen LogP contribution in [0.3, 0.4) is 0 Å². The van der Waals surface area contributed by atoms with Crippen molar-refractivity contribution in [2.24, 2.45) is 0 Å². The van der Waals surface area contributed by atoms with Crippen LogP contribution in [0, 0.1) is 0 Å². The monoisotopic (exact) mass is 346 g/mol. The molecule has 0 radical (unpaired) electrons. The van der Waals surface area contributed by atoms with Crippen molar-refractivity contribution in [3.8, 4) is 0 Å². The van der Waals surface area contributed by atoms with Gasteiger partial charge in [0.2, 0.25) is 0 Å². The van der Waals surface area contributed by atoms with Gasteiger partial charge in [-0.05, 0) is 52.7 Å². The van der Waals surface area contributed by atoms with E-state index in [0.717, 1.165) is 4.47 Å². The van der Waals surface area contributed by atoms with Crippen LogP contribution < -0.4 is 5.56 Å². The summed E-state index contributed by atoms with van der Waals surface area (Å²) in [6.45, 7) is 1.59. The molecule has 3 rings (SSSR count). The quantitative estimate of drug-likeness (QED) is 0.724. The molecule has 6 heteroatoms. The van der Waals surface area contributed by atoms with Gasteiger partial charge in [0.15, 0.2) is 0 Å². The van der Waals surface area contributed by atoms with Crippen LogP contribution in [-0.2, 0) is 4.79 Å². The highest BCUT2D eigenvalue weighted by molar-refractivity contribution is 9.10. The van der Waals surface area contributed by atoms with Gasteiger partial charge in [-0.1, -0.05) is 6.07 Å². The number of carboxylic acid groups (broad SMARTS) is 1. The summed E-state index contributed by atoms with van der Waals surface area (Å²) in [5.74, 6) is -1.59. The van der Waals surface area contributed by atoms with Crippen LogP contribution in [0.2, 0.25) is 0 Å². The van der Waals surface area contributed by atoms with E-state index < -0.39 is 11.9 Å². The number of aliphatic carboxylic acids is 1. The third-order valence-corrected chi connectivity index (χ3v) is 3.94. The smallest absolute Gasteiger partial charge is 0.310 e. The Labute approximate surface area is 128 Å². The van der Waals surface area contributed by atoms with Gasteiger partial charge < -0.3 is 5.11 Å². The molecular formula is C15H11BrN2O3. The van der Waals surface area contributed by atoms with Crippen molar-refractivity contribution in [2.45, 2.75) is 12.8 Å². The molecule has 2 aromatic heterocycles. The molecule has 3 aromatic rings. The van der Waals surface area contributed by atoms with Gasteiger partial charge in [0, 0.05) is 10.7 Å². The van der Waals surface area contributed by atoms with E-state index in [0.29, 0.717) is 22.1 Å². The van der Waals surface area contributed by atoms with E-state index in [9.17, 15) is 9.59 Å². The standard InChI is InChI=1S/C15H11BrN2O3/c1-8(15(20)21)9-2-4-12-11(6-9)14(19)18-7-10(16)3-5-13(18)17-12/h2-8H,1H3,(H,20,21). The topological polar surface area (TPSA) is 71.7 Å². The highest BCUT2D eigenvalue weighted by Gasteiger charge is 2.15. The van der Waals surface area contributed by atoms with Crippen molar-refractivity contribution in [1.82, 2.24) is 9.38 Å². The Hall–Kier alpha value is -2.21. The van der Waals surface area contributed by atoms with Crippen molar-refractivity contribution < 1.29 is 9.90 Å². The van der Waals surface area contributed by atoms with E-state index in [1.54, 1.807) is 37.4 Å². The van der Waals surface area contributed by atoms with Gasteiger partial charge in [-0.3, -0.25) is 14.0 Å². The molecule has 0 bridgehead atoms. The number of hydrogen-bond donors (Lipinski definition) is 1. The number of hydrogen-bond acceptors (Lipinski definition) is 3. The lowest BCUT2D eigenvalue weighted by molar-refractivity contribution is -0.138. The zero-order chi connectivity index (χ0) is 15.1. The Morgan fingerprint density at radius 3 is 2.81 bits per heavy atom. The summed E-state index contributed by atoms with van der Waals surface area (Å²) in [5, 5.41) is 9.49. The fraction of sp³-hybridized carbons (Fsp3) is 0.133. The average molecular weight is 347 g/mol. The minimum Gasteiger partial charge on any atom is -0.481 e. The second kappa shape index (κ2) is 4.96. The molecule has 1 N–H and O–H groups in total. The minimum absolute atomic E-state index is 0.212. The normalized spacial score (nSPS) is 12.7. The van der Waals surface area contributed by atoms with Crippen molar-refractivity contribution >= 4 is 38.4 Å². The Morgan fingerprint density at radius 1 is 1.33 bits per heavy atom. The van der Waals surface area contributed by atoms with Crippen molar-refractivity contribution in [3.05, 3.63) is 56.9 Å². The number of rotatable bonds is 2. The first kappa shape index (κ1) is 13.8. The zero-order valence-electron chi connectivity index (χ0n) is 11.1.